The molecule has 28 heavy (non-hydrogen) atoms. The van der Waals surface area contributed by atoms with E-state index in [1.807, 2.05) is 0 Å². The van der Waals surface area contributed by atoms with Crippen molar-refractivity contribution < 1.29 is 0 Å². The zero-order valence-electron chi connectivity index (χ0n) is 20.1. The van der Waals surface area contributed by atoms with Gasteiger partial charge in [0.25, 0.3) is 0 Å². The number of hydrogen-bond donors (Lipinski definition) is 0. The molecule has 4 rings (SSSR count). The van der Waals surface area contributed by atoms with Gasteiger partial charge in [0.1, 0.15) is 0 Å². The van der Waals surface area contributed by atoms with Gasteiger partial charge in [0.2, 0.25) is 0 Å². The Morgan fingerprint density at radius 2 is 1.00 bits per heavy atom. The van der Waals surface area contributed by atoms with Crippen molar-refractivity contribution in [3.63, 3.8) is 0 Å². The minimum absolute atomic E-state index is 0.517. The van der Waals surface area contributed by atoms with Crippen LogP contribution in [0.2, 0.25) is 0 Å². The zero-order valence-corrected chi connectivity index (χ0v) is 20.1. The van der Waals surface area contributed by atoms with Gasteiger partial charge in [-0.25, -0.2) is 0 Å². The maximum Gasteiger partial charge on any atom is -0.0349 e. The molecule has 0 saturated heterocycles. The van der Waals surface area contributed by atoms with E-state index in [1.54, 1.807) is 51.4 Å². The highest BCUT2D eigenvalue weighted by molar-refractivity contribution is 5.03. The summed E-state index contributed by atoms with van der Waals surface area (Å²) in [5.41, 5.74) is 1.03. The first-order valence-electron chi connectivity index (χ1n) is 13.1. The molecule has 4 aliphatic carbocycles. The van der Waals surface area contributed by atoms with Gasteiger partial charge in [-0.1, -0.05) is 73.6 Å². The molecule has 4 aliphatic rings. The Balaban J connectivity index is 1.52. The molecule has 0 aliphatic heterocycles. The number of rotatable bonds is 3. The summed E-state index contributed by atoms with van der Waals surface area (Å²) in [6.07, 6.45) is 18.6. The van der Waals surface area contributed by atoms with Crippen LogP contribution in [-0.4, -0.2) is 0 Å². The second-order valence-corrected chi connectivity index (χ2v) is 13.8. The van der Waals surface area contributed by atoms with Gasteiger partial charge in [-0.05, 0) is 103 Å². The summed E-state index contributed by atoms with van der Waals surface area (Å²) in [5.74, 6) is 8.45. The van der Waals surface area contributed by atoms with Gasteiger partial charge >= 0.3 is 0 Å². The Hall–Kier alpha value is 0. The molecule has 4 fully saturated rings. The first-order valence-corrected chi connectivity index (χ1v) is 13.1. The van der Waals surface area contributed by atoms with Crippen LogP contribution in [0.1, 0.15) is 119 Å². The summed E-state index contributed by atoms with van der Waals surface area (Å²) < 4.78 is 0. The van der Waals surface area contributed by atoms with E-state index in [9.17, 15) is 0 Å². The van der Waals surface area contributed by atoms with Crippen molar-refractivity contribution >= 4 is 0 Å². The lowest BCUT2D eigenvalue weighted by molar-refractivity contribution is 0.0722. The van der Waals surface area contributed by atoms with E-state index in [-0.39, 0.29) is 0 Å². The fourth-order valence-electron chi connectivity index (χ4n) is 8.55. The molecule has 0 aromatic rings. The molecule has 0 radical (unpaired) electrons. The lowest BCUT2D eigenvalue weighted by Crippen LogP contribution is -2.33. The van der Waals surface area contributed by atoms with E-state index in [4.69, 9.17) is 0 Å². The summed E-state index contributed by atoms with van der Waals surface area (Å²) >= 11 is 0. The summed E-state index contributed by atoms with van der Waals surface area (Å²) in [7, 11) is 0. The van der Waals surface area contributed by atoms with Crippen LogP contribution in [0.4, 0.5) is 0 Å². The van der Waals surface area contributed by atoms with E-state index >= 15 is 0 Å². The van der Waals surface area contributed by atoms with Crippen LogP contribution in [0.3, 0.4) is 0 Å². The molecular formula is C28H50. The highest BCUT2D eigenvalue weighted by atomic mass is 14.6. The van der Waals surface area contributed by atoms with Crippen molar-refractivity contribution in [3.05, 3.63) is 0 Å². The summed E-state index contributed by atoms with van der Waals surface area (Å²) in [5, 5.41) is 0. The Morgan fingerprint density at radius 1 is 0.536 bits per heavy atom. The van der Waals surface area contributed by atoms with Crippen LogP contribution in [-0.2, 0) is 0 Å². The number of fused-ring (bicyclic) bond motifs is 3. The average molecular weight is 387 g/mol. The highest BCUT2D eigenvalue weighted by Gasteiger charge is 2.54. The summed E-state index contributed by atoms with van der Waals surface area (Å²) in [6, 6.07) is 0. The normalized spacial score (nSPS) is 42.4. The first kappa shape index (κ1) is 21.2. The predicted octanol–water partition coefficient (Wildman–Crippen LogP) is 8.74. The molecule has 162 valence electrons. The van der Waals surface area contributed by atoms with Crippen molar-refractivity contribution in [2.45, 2.75) is 119 Å². The van der Waals surface area contributed by atoms with Crippen LogP contribution in [0.25, 0.3) is 0 Å². The van der Waals surface area contributed by atoms with Gasteiger partial charge in [0, 0.05) is 0 Å². The van der Waals surface area contributed by atoms with Crippen molar-refractivity contribution in [2.75, 3.05) is 0 Å². The van der Waals surface area contributed by atoms with Crippen LogP contribution in [0.15, 0.2) is 0 Å². The zero-order chi connectivity index (χ0) is 20.1. The fraction of sp³-hybridized carbons (Fsp3) is 1.00. The molecule has 0 spiro atoms. The molecule has 0 heterocycles. The Bertz CT molecular complexity index is 473. The quantitative estimate of drug-likeness (QED) is 0.454. The minimum atomic E-state index is 0.517. The summed E-state index contributed by atoms with van der Waals surface area (Å²) in [6.45, 7) is 15.1. The lowest BCUT2D eigenvalue weighted by Gasteiger charge is -2.43. The van der Waals surface area contributed by atoms with E-state index in [0.717, 1.165) is 47.3 Å². The van der Waals surface area contributed by atoms with Crippen LogP contribution < -0.4 is 0 Å². The van der Waals surface area contributed by atoms with Gasteiger partial charge in [-0.15, -0.1) is 0 Å². The first-order chi connectivity index (χ1) is 13.1. The highest BCUT2D eigenvalue weighted by Crippen LogP contribution is 2.62. The molecule has 6 atom stereocenters. The maximum atomic E-state index is 2.52. The molecular weight excluding hydrogens is 336 g/mol. The summed E-state index contributed by atoms with van der Waals surface area (Å²) in [4.78, 5) is 0. The van der Waals surface area contributed by atoms with Crippen LogP contribution in [0.5, 0.6) is 0 Å². The predicted molar refractivity (Wildman–Crippen MR) is 122 cm³/mol. The standard InChI is InChI=1S/C28H50/c1-27(2,3)20-12-15-22-23-16-13-21(28(4,5)6)18-26(23)24(25(22)17-20)14-11-19-9-7-8-10-19/h19-26H,7-18H2,1-6H3. The smallest absolute Gasteiger partial charge is 0.0349 e. The largest absolute Gasteiger partial charge is 0.0599 e. The topological polar surface area (TPSA) is 0 Å². The number of hydrogen-bond acceptors (Lipinski definition) is 0. The van der Waals surface area contributed by atoms with E-state index in [0.29, 0.717) is 10.8 Å². The molecule has 6 unspecified atom stereocenters. The molecule has 0 N–H and O–H groups in total. The molecule has 0 bridgehead atoms. The van der Waals surface area contributed by atoms with E-state index in [1.165, 1.54) is 25.7 Å². The second kappa shape index (κ2) is 7.92. The van der Waals surface area contributed by atoms with Gasteiger partial charge < -0.3 is 0 Å². The third kappa shape index (κ3) is 4.23. The molecule has 0 aromatic carbocycles. The molecule has 0 amide bonds. The van der Waals surface area contributed by atoms with Gasteiger partial charge in [-0.3, -0.25) is 0 Å². The lowest BCUT2D eigenvalue weighted by atomic mass is 9.62. The van der Waals surface area contributed by atoms with Crippen LogP contribution >= 0.6 is 0 Å². The Labute approximate surface area is 177 Å². The minimum Gasteiger partial charge on any atom is -0.0599 e. The van der Waals surface area contributed by atoms with Crippen molar-refractivity contribution in [1.82, 2.24) is 0 Å². The van der Waals surface area contributed by atoms with Gasteiger partial charge in [0.15, 0.2) is 0 Å². The van der Waals surface area contributed by atoms with E-state index in [2.05, 4.69) is 41.5 Å². The Kier molecular flexibility index (Phi) is 6.01. The third-order valence-electron chi connectivity index (χ3n) is 10.4. The van der Waals surface area contributed by atoms with Gasteiger partial charge in [0.05, 0.1) is 0 Å². The third-order valence-corrected chi connectivity index (χ3v) is 10.4. The van der Waals surface area contributed by atoms with Crippen molar-refractivity contribution in [2.24, 2.45) is 58.2 Å². The fourth-order valence-corrected chi connectivity index (χ4v) is 8.55. The van der Waals surface area contributed by atoms with Crippen LogP contribution in [0, 0.1) is 58.2 Å². The van der Waals surface area contributed by atoms with Gasteiger partial charge in [-0.2, -0.15) is 0 Å². The Morgan fingerprint density at radius 3 is 1.43 bits per heavy atom. The van der Waals surface area contributed by atoms with E-state index < -0.39 is 0 Å². The molecule has 0 nitrogen and oxygen atoms in total. The average Bonchev–Trinajstić information content (AvgIpc) is 3.23. The SMILES string of the molecule is CC(C)(C)C1CCC2C3CCC(C(C)(C)C)CC3C(CCC3CCCC3)C2C1. The molecule has 4 saturated carbocycles. The molecule has 0 aromatic heterocycles. The molecule has 0 heteroatoms. The van der Waals surface area contributed by atoms with Crippen molar-refractivity contribution in [3.8, 4) is 0 Å². The second-order valence-electron chi connectivity index (χ2n) is 13.8. The maximum absolute atomic E-state index is 2.52. The monoisotopic (exact) mass is 386 g/mol. The van der Waals surface area contributed by atoms with Crippen molar-refractivity contribution in [1.29, 1.82) is 0 Å².